The summed E-state index contributed by atoms with van der Waals surface area (Å²) in [5.74, 6) is 0. The fourth-order valence-electron chi connectivity index (χ4n) is 10.5. The summed E-state index contributed by atoms with van der Waals surface area (Å²) in [4.78, 5) is 0. The summed E-state index contributed by atoms with van der Waals surface area (Å²) in [6.45, 7) is 0. The largest absolute Gasteiger partial charge is 0.0616 e. The van der Waals surface area contributed by atoms with Crippen molar-refractivity contribution in [3.05, 3.63) is 206 Å². The van der Waals surface area contributed by atoms with E-state index in [9.17, 15) is 0 Å². The lowest BCUT2D eigenvalue weighted by Gasteiger charge is -2.21. The van der Waals surface area contributed by atoms with Crippen molar-refractivity contribution >= 4 is 97.0 Å². The van der Waals surface area contributed by atoms with Gasteiger partial charge in [-0.25, -0.2) is 0 Å². The van der Waals surface area contributed by atoms with Gasteiger partial charge in [0.05, 0.1) is 0 Å². The van der Waals surface area contributed by atoms with Gasteiger partial charge < -0.3 is 0 Å². The highest BCUT2D eigenvalue weighted by Crippen LogP contribution is 2.50. The van der Waals surface area contributed by atoms with Gasteiger partial charge in [0.25, 0.3) is 0 Å². The summed E-state index contributed by atoms with van der Waals surface area (Å²) in [7, 11) is 0. The van der Waals surface area contributed by atoms with Crippen molar-refractivity contribution in [2.75, 3.05) is 0 Å². The minimum atomic E-state index is 1.26. The summed E-state index contributed by atoms with van der Waals surface area (Å²) >= 11 is 0. The van der Waals surface area contributed by atoms with Gasteiger partial charge in [0.15, 0.2) is 0 Å². The molecule has 0 aliphatic heterocycles. The SMILES string of the molecule is c1ccc2c(c1)cc(-c1c3ccccc3c(-c3ccc4ccc5c(-c6cc7ccccc7c7ccccc67)ccc6ccc3c4c65)c3ccccc13)c1ccccc12. The fraction of sp³-hybridized carbons (Fsp3) is 0. The molecule has 0 unspecified atom stereocenters. The van der Waals surface area contributed by atoms with E-state index in [1.807, 2.05) is 0 Å². The Morgan fingerprint density at radius 1 is 0.172 bits per heavy atom. The minimum absolute atomic E-state index is 1.26. The van der Waals surface area contributed by atoms with Crippen molar-refractivity contribution in [1.82, 2.24) is 0 Å². The van der Waals surface area contributed by atoms with Crippen LogP contribution in [0.15, 0.2) is 206 Å². The van der Waals surface area contributed by atoms with Crippen LogP contribution < -0.4 is 0 Å². The first-order valence-corrected chi connectivity index (χ1v) is 20.3. The van der Waals surface area contributed by atoms with Crippen molar-refractivity contribution < 1.29 is 0 Å². The Balaban J connectivity index is 1.12. The highest BCUT2D eigenvalue weighted by Gasteiger charge is 2.22. The van der Waals surface area contributed by atoms with Crippen LogP contribution in [0.3, 0.4) is 0 Å². The summed E-state index contributed by atoms with van der Waals surface area (Å²) in [5.41, 5.74) is 7.68. The Bertz CT molecular complexity index is 3790. The van der Waals surface area contributed by atoms with Crippen molar-refractivity contribution in [2.24, 2.45) is 0 Å². The van der Waals surface area contributed by atoms with Crippen LogP contribution in [-0.2, 0) is 0 Å². The lowest BCUT2D eigenvalue weighted by molar-refractivity contribution is 1.70. The van der Waals surface area contributed by atoms with Gasteiger partial charge in [0.1, 0.15) is 0 Å². The molecule has 0 atom stereocenters. The van der Waals surface area contributed by atoms with E-state index in [1.54, 1.807) is 0 Å². The maximum absolute atomic E-state index is 2.41. The first-order valence-electron chi connectivity index (χ1n) is 20.3. The van der Waals surface area contributed by atoms with Crippen LogP contribution in [-0.4, -0.2) is 0 Å². The predicted molar refractivity (Wildman–Crippen MR) is 251 cm³/mol. The summed E-state index contributed by atoms with van der Waals surface area (Å²) in [6, 6.07) is 77.2. The number of hydrogen-bond donors (Lipinski definition) is 0. The molecule has 0 fully saturated rings. The molecule has 266 valence electrons. The quantitative estimate of drug-likeness (QED) is 0.125. The van der Waals surface area contributed by atoms with Crippen molar-refractivity contribution in [3.63, 3.8) is 0 Å². The fourth-order valence-corrected chi connectivity index (χ4v) is 10.5. The van der Waals surface area contributed by atoms with E-state index in [0.717, 1.165) is 0 Å². The van der Waals surface area contributed by atoms with Gasteiger partial charge >= 0.3 is 0 Å². The lowest BCUT2D eigenvalue weighted by atomic mass is 9.81. The van der Waals surface area contributed by atoms with Crippen molar-refractivity contribution in [2.45, 2.75) is 0 Å². The lowest BCUT2D eigenvalue weighted by Crippen LogP contribution is -1.94. The Morgan fingerprint density at radius 2 is 0.517 bits per heavy atom. The van der Waals surface area contributed by atoms with Gasteiger partial charge in [-0.2, -0.15) is 0 Å². The van der Waals surface area contributed by atoms with Crippen LogP contribution in [0.25, 0.3) is 130 Å². The van der Waals surface area contributed by atoms with E-state index in [2.05, 4.69) is 206 Å². The normalized spacial score (nSPS) is 12.1. The first-order chi connectivity index (χ1) is 28.8. The Morgan fingerprint density at radius 3 is 1.03 bits per heavy atom. The Kier molecular flexibility index (Phi) is 6.54. The van der Waals surface area contributed by atoms with E-state index < -0.39 is 0 Å². The molecule has 58 heavy (non-hydrogen) atoms. The molecule has 0 aliphatic rings. The summed E-state index contributed by atoms with van der Waals surface area (Å²) in [5, 5.41) is 23.1. The second-order valence-corrected chi connectivity index (χ2v) is 15.9. The molecule has 0 radical (unpaired) electrons. The zero-order valence-corrected chi connectivity index (χ0v) is 31.6. The van der Waals surface area contributed by atoms with Crippen LogP contribution in [0, 0.1) is 0 Å². The first kappa shape index (κ1) is 31.6. The number of rotatable bonds is 3. The second-order valence-electron chi connectivity index (χ2n) is 15.9. The van der Waals surface area contributed by atoms with Crippen LogP contribution >= 0.6 is 0 Å². The molecule has 0 amide bonds. The molecule has 0 nitrogen and oxygen atoms in total. The van der Waals surface area contributed by atoms with E-state index in [1.165, 1.54) is 130 Å². The smallest absolute Gasteiger partial charge is 0.00199 e. The molecule has 0 bridgehead atoms. The predicted octanol–water partition coefficient (Wildman–Crippen LogP) is 16.5. The topological polar surface area (TPSA) is 0 Å². The van der Waals surface area contributed by atoms with Gasteiger partial charge in [-0.1, -0.05) is 194 Å². The highest BCUT2D eigenvalue weighted by molar-refractivity contribution is 6.32. The number of fused-ring (bicyclic) bond motifs is 8. The van der Waals surface area contributed by atoms with E-state index >= 15 is 0 Å². The van der Waals surface area contributed by atoms with Crippen molar-refractivity contribution in [1.29, 1.82) is 0 Å². The zero-order chi connectivity index (χ0) is 37.9. The molecule has 0 spiro atoms. The molecular formula is C58H34. The molecule has 0 heteroatoms. The Hall–Kier alpha value is -7.54. The molecule has 0 aromatic heterocycles. The maximum Gasteiger partial charge on any atom is -0.00199 e. The third kappa shape index (κ3) is 4.35. The van der Waals surface area contributed by atoms with Gasteiger partial charge in [-0.15, -0.1) is 0 Å². The van der Waals surface area contributed by atoms with Crippen LogP contribution in [0.5, 0.6) is 0 Å². The summed E-state index contributed by atoms with van der Waals surface area (Å²) in [6.07, 6.45) is 0. The third-order valence-electron chi connectivity index (χ3n) is 13.0. The Labute approximate surface area is 335 Å². The average Bonchev–Trinajstić information content (AvgIpc) is 3.29. The number of hydrogen-bond acceptors (Lipinski definition) is 0. The second kappa shape index (κ2) is 12.0. The van der Waals surface area contributed by atoms with Crippen LogP contribution in [0.2, 0.25) is 0 Å². The van der Waals surface area contributed by atoms with Crippen LogP contribution in [0.1, 0.15) is 0 Å². The van der Waals surface area contributed by atoms with Gasteiger partial charge in [0, 0.05) is 0 Å². The average molecular weight is 731 g/mol. The maximum atomic E-state index is 2.41. The molecule has 0 saturated carbocycles. The van der Waals surface area contributed by atoms with Crippen LogP contribution in [0.4, 0.5) is 0 Å². The molecule has 0 aliphatic carbocycles. The highest BCUT2D eigenvalue weighted by atomic mass is 14.2. The molecule has 0 heterocycles. The van der Waals surface area contributed by atoms with E-state index in [0.29, 0.717) is 0 Å². The molecular weight excluding hydrogens is 697 g/mol. The molecule has 13 aromatic rings. The minimum Gasteiger partial charge on any atom is -0.0616 e. The van der Waals surface area contributed by atoms with E-state index in [-0.39, 0.29) is 0 Å². The molecule has 0 saturated heterocycles. The summed E-state index contributed by atoms with van der Waals surface area (Å²) < 4.78 is 0. The van der Waals surface area contributed by atoms with Gasteiger partial charge in [-0.05, 0) is 142 Å². The van der Waals surface area contributed by atoms with Gasteiger partial charge in [0.2, 0.25) is 0 Å². The molecule has 13 aromatic carbocycles. The van der Waals surface area contributed by atoms with Gasteiger partial charge in [-0.3, -0.25) is 0 Å². The third-order valence-corrected chi connectivity index (χ3v) is 13.0. The number of benzene rings is 13. The van der Waals surface area contributed by atoms with Crippen molar-refractivity contribution in [3.8, 4) is 33.4 Å². The zero-order valence-electron chi connectivity index (χ0n) is 31.6. The standard InChI is InChI=1S/C58H34/c1-3-15-39-37(13-1)33-53(43-19-7-5-17-41(39)43)45-29-25-35-27-31-51-52(32-28-36-26-30-50(45)55(35)56(36)51)57-46-21-9-11-23-48(46)58(49-24-12-10-22-47(49)57)54-34-38-14-2-4-16-40(38)42-18-6-8-20-44(42)54/h1-34H. The monoisotopic (exact) mass is 730 g/mol. The van der Waals surface area contributed by atoms with E-state index in [4.69, 9.17) is 0 Å². The molecule has 0 N–H and O–H groups in total. The molecule has 13 rings (SSSR count).